The molecule has 82 valence electrons. The predicted molar refractivity (Wildman–Crippen MR) is 59.8 cm³/mol. The summed E-state index contributed by atoms with van der Waals surface area (Å²) in [5, 5.41) is 2.98. The molecular weight excluding hydrogens is 193 g/mol. The zero-order valence-electron chi connectivity index (χ0n) is 9.36. The predicted octanol–water partition coefficient (Wildman–Crippen LogP) is 2.62. The van der Waals surface area contributed by atoms with Crippen LogP contribution in [0.2, 0.25) is 0 Å². The van der Waals surface area contributed by atoms with Crippen LogP contribution in [0.5, 0.6) is 0 Å². The lowest BCUT2D eigenvalue weighted by Gasteiger charge is -2.14. The molecule has 0 amide bonds. The van der Waals surface area contributed by atoms with Crippen LogP contribution in [0.1, 0.15) is 23.1 Å². The Labute approximate surface area is 89.5 Å². The third-order valence-corrected chi connectivity index (χ3v) is 2.54. The zero-order chi connectivity index (χ0) is 11.4. The molecule has 0 spiro atoms. The van der Waals surface area contributed by atoms with E-state index in [4.69, 9.17) is 0 Å². The van der Waals surface area contributed by atoms with Crippen LogP contribution in [0.15, 0.2) is 6.07 Å². The molecule has 0 heterocycles. The molecule has 0 aliphatic rings. The summed E-state index contributed by atoms with van der Waals surface area (Å²) in [4.78, 5) is 10.3. The average Bonchev–Trinajstić information content (AvgIpc) is 2.23. The lowest BCUT2D eigenvalue weighted by molar-refractivity contribution is -0.107. The standard InChI is InChI=1S/C12H16FNO/c1-8-7-10(5-4-6-15)12(14-3)9(2)11(8)13/h6-7,14H,4-5H2,1-3H3. The smallest absolute Gasteiger partial charge is 0.131 e. The van der Waals surface area contributed by atoms with Crippen LogP contribution >= 0.6 is 0 Å². The van der Waals surface area contributed by atoms with E-state index in [0.717, 1.165) is 17.5 Å². The van der Waals surface area contributed by atoms with Crippen LogP contribution in [0, 0.1) is 19.7 Å². The Morgan fingerprint density at radius 3 is 2.67 bits per heavy atom. The fraction of sp³-hybridized carbons (Fsp3) is 0.417. The molecule has 3 heteroatoms. The van der Waals surface area contributed by atoms with Gasteiger partial charge in [0, 0.05) is 24.7 Å². The van der Waals surface area contributed by atoms with Gasteiger partial charge in [0.25, 0.3) is 0 Å². The molecule has 0 saturated heterocycles. The number of aldehydes is 1. The monoisotopic (exact) mass is 209 g/mol. The first-order valence-electron chi connectivity index (χ1n) is 5.01. The molecule has 0 unspecified atom stereocenters. The van der Waals surface area contributed by atoms with Gasteiger partial charge in [0.05, 0.1) is 0 Å². The van der Waals surface area contributed by atoms with E-state index < -0.39 is 0 Å². The normalized spacial score (nSPS) is 10.1. The van der Waals surface area contributed by atoms with E-state index in [0.29, 0.717) is 24.0 Å². The summed E-state index contributed by atoms with van der Waals surface area (Å²) in [5.74, 6) is -0.172. The molecule has 0 radical (unpaired) electrons. The summed E-state index contributed by atoms with van der Waals surface area (Å²) in [6.07, 6.45) is 2.01. The first-order valence-corrected chi connectivity index (χ1v) is 5.01. The van der Waals surface area contributed by atoms with E-state index in [1.165, 1.54) is 0 Å². The number of rotatable bonds is 4. The van der Waals surface area contributed by atoms with Gasteiger partial charge in [-0.15, -0.1) is 0 Å². The van der Waals surface area contributed by atoms with Gasteiger partial charge in [0.15, 0.2) is 0 Å². The molecule has 1 N–H and O–H groups in total. The Kier molecular flexibility index (Phi) is 3.83. The SMILES string of the molecule is CNc1c(CCC=O)cc(C)c(F)c1C. The topological polar surface area (TPSA) is 29.1 Å². The van der Waals surface area contributed by atoms with Crippen molar-refractivity contribution in [1.29, 1.82) is 0 Å². The highest BCUT2D eigenvalue weighted by molar-refractivity contribution is 5.60. The van der Waals surface area contributed by atoms with Crippen LogP contribution in [0.25, 0.3) is 0 Å². The number of hydrogen-bond acceptors (Lipinski definition) is 2. The lowest BCUT2D eigenvalue weighted by atomic mass is 10.00. The molecule has 0 aromatic heterocycles. The fourth-order valence-corrected chi connectivity index (χ4v) is 1.80. The highest BCUT2D eigenvalue weighted by Crippen LogP contribution is 2.26. The molecule has 1 rings (SSSR count). The van der Waals surface area contributed by atoms with Crippen molar-refractivity contribution in [2.24, 2.45) is 0 Å². The molecule has 0 saturated carbocycles. The van der Waals surface area contributed by atoms with Crippen LogP contribution in [-0.4, -0.2) is 13.3 Å². The molecule has 2 nitrogen and oxygen atoms in total. The number of aryl methyl sites for hydroxylation is 2. The third-order valence-electron chi connectivity index (χ3n) is 2.54. The van der Waals surface area contributed by atoms with Crippen molar-refractivity contribution in [2.75, 3.05) is 12.4 Å². The van der Waals surface area contributed by atoms with Crippen molar-refractivity contribution in [2.45, 2.75) is 26.7 Å². The Balaban J connectivity index is 3.19. The van der Waals surface area contributed by atoms with Crippen LogP contribution < -0.4 is 5.32 Å². The Morgan fingerprint density at radius 1 is 1.47 bits per heavy atom. The maximum Gasteiger partial charge on any atom is 0.131 e. The Morgan fingerprint density at radius 2 is 2.13 bits per heavy atom. The molecule has 1 aromatic carbocycles. The number of hydrogen-bond donors (Lipinski definition) is 1. The largest absolute Gasteiger partial charge is 0.388 e. The highest BCUT2D eigenvalue weighted by Gasteiger charge is 2.11. The maximum atomic E-state index is 13.6. The Bertz CT molecular complexity index is 374. The Hall–Kier alpha value is -1.38. The van der Waals surface area contributed by atoms with Crippen molar-refractivity contribution in [3.05, 3.63) is 28.6 Å². The molecule has 0 atom stereocenters. The zero-order valence-corrected chi connectivity index (χ0v) is 9.36. The van der Waals surface area contributed by atoms with E-state index in [1.54, 1.807) is 27.0 Å². The van der Waals surface area contributed by atoms with Gasteiger partial charge in [0.2, 0.25) is 0 Å². The summed E-state index contributed by atoms with van der Waals surface area (Å²) < 4.78 is 13.6. The number of halogens is 1. The highest BCUT2D eigenvalue weighted by atomic mass is 19.1. The van der Waals surface area contributed by atoms with Crippen molar-refractivity contribution in [1.82, 2.24) is 0 Å². The van der Waals surface area contributed by atoms with E-state index in [2.05, 4.69) is 5.32 Å². The second kappa shape index (κ2) is 4.91. The van der Waals surface area contributed by atoms with Crippen LogP contribution in [0.3, 0.4) is 0 Å². The number of anilines is 1. The number of carbonyl (C=O) groups excluding carboxylic acids is 1. The van der Waals surface area contributed by atoms with Gasteiger partial charge in [-0.05, 0) is 31.4 Å². The van der Waals surface area contributed by atoms with Gasteiger partial charge in [-0.1, -0.05) is 6.07 Å². The molecular formula is C12H16FNO. The summed E-state index contributed by atoms with van der Waals surface area (Å²) in [7, 11) is 1.77. The van der Waals surface area contributed by atoms with Gasteiger partial charge in [0.1, 0.15) is 12.1 Å². The summed E-state index contributed by atoms with van der Waals surface area (Å²) in [6.45, 7) is 3.49. The number of nitrogens with one attached hydrogen (secondary N) is 1. The minimum absolute atomic E-state index is 0.172. The van der Waals surface area contributed by atoms with Crippen molar-refractivity contribution in [3.63, 3.8) is 0 Å². The molecule has 15 heavy (non-hydrogen) atoms. The van der Waals surface area contributed by atoms with Gasteiger partial charge >= 0.3 is 0 Å². The van der Waals surface area contributed by atoms with E-state index in [1.807, 2.05) is 0 Å². The second-order valence-corrected chi connectivity index (χ2v) is 3.62. The summed E-state index contributed by atoms with van der Waals surface area (Å²) in [6, 6.07) is 1.80. The molecule has 0 aliphatic heterocycles. The minimum atomic E-state index is -0.172. The van der Waals surface area contributed by atoms with Crippen molar-refractivity contribution < 1.29 is 9.18 Å². The fourth-order valence-electron chi connectivity index (χ4n) is 1.80. The van der Waals surface area contributed by atoms with Crippen molar-refractivity contribution >= 4 is 12.0 Å². The van der Waals surface area contributed by atoms with Crippen molar-refractivity contribution in [3.8, 4) is 0 Å². The third kappa shape index (κ3) is 2.35. The van der Waals surface area contributed by atoms with Gasteiger partial charge in [-0.2, -0.15) is 0 Å². The summed E-state index contributed by atoms with van der Waals surface area (Å²) >= 11 is 0. The van der Waals surface area contributed by atoms with Crippen LogP contribution in [-0.2, 0) is 11.2 Å². The first-order chi connectivity index (χ1) is 7.11. The molecule has 1 aromatic rings. The maximum absolute atomic E-state index is 13.6. The molecule has 0 aliphatic carbocycles. The average molecular weight is 209 g/mol. The summed E-state index contributed by atoms with van der Waals surface area (Å²) in [5.41, 5.74) is 3.06. The van der Waals surface area contributed by atoms with Gasteiger partial charge < -0.3 is 10.1 Å². The number of benzene rings is 1. The second-order valence-electron chi connectivity index (χ2n) is 3.62. The molecule has 0 fully saturated rings. The van der Waals surface area contributed by atoms with Gasteiger partial charge in [-0.25, -0.2) is 4.39 Å². The lowest BCUT2D eigenvalue weighted by Crippen LogP contribution is -2.03. The quantitative estimate of drug-likeness (QED) is 0.772. The minimum Gasteiger partial charge on any atom is -0.388 e. The molecule has 0 bridgehead atoms. The van der Waals surface area contributed by atoms with Gasteiger partial charge in [-0.3, -0.25) is 0 Å². The van der Waals surface area contributed by atoms with E-state index in [9.17, 15) is 9.18 Å². The first kappa shape index (κ1) is 11.7. The van der Waals surface area contributed by atoms with E-state index in [-0.39, 0.29) is 5.82 Å². The van der Waals surface area contributed by atoms with E-state index >= 15 is 0 Å². The number of carbonyl (C=O) groups is 1. The van der Waals surface area contributed by atoms with Crippen LogP contribution in [0.4, 0.5) is 10.1 Å².